The van der Waals surface area contributed by atoms with Crippen LogP contribution >= 0.6 is 0 Å². The number of aromatic nitrogens is 7. The van der Waals surface area contributed by atoms with Gasteiger partial charge in [-0.25, -0.2) is 15.0 Å². The molecule has 0 unspecified atom stereocenters. The number of morpholine rings is 1. The van der Waals surface area contributed by atoms with E-state index in [9.17, 15) is 9.90 Å². The highest BCUT2D eigenvalue weighted by atomic mass is 16.6. The molecule has 2 saturated heterocycles. The van der Waals surface area contributed by atoms with Crippen molar-refractivity contribution in [1.29, 1.82) is 0 Å². The van der Waals surface area contributed by atoms with E-state index in [4.69, 9.17) is 29.0 Å². The molecule has 4 atom stereocenters. The number of anilines is 2. The Hall–Kier alpha value is -6.68. The zero-order valence-electron chi connectivity index (χ0n) is 32.3. The number of aryl methyl sites for hydroxylation is 2. The predicted molar refractivity (Wildman–Crippen MR) is 214 cm³/mol. The molecule has 7 aromatic rings. The fourth-order valence-corrected chi connectivity index (χ4v) is 8.06. The Kier molecular flexibility index (Phi) is 9.35. The first-order valence-corrected chi connectivity index (χ1v) is 18.8. The van der Waals surface area contributed by atoms with Crippen molar-refractivity contribution in [3.05, 3.63) is 150 Å². The molecular weight excluding hydrogens is 739 g/mol. The Labute approximate surface area is 333 Å². The number of carbonyl (C=O) groups is 1. The van der Waals surface area contributed by atoms with Gasteiger partial charge in [-0.2, -0.15) is 4.98 Å². The molecule has 3 aromatic heterocycles. The summed E-state index contributed by atoms with van der Waals surface area (Å²) in [6.07, 6.45) is 1.03. The molecule has 2 N–H and O–H groups in total. The van der Waals surface area contributed by atoms with Crippen LogP contribution in [0.1, 0.15) is 39.1 Å². The van der Waals surface area contributed by atoms with Gasteiger partial charge in [0.1, 0.15) is 47.0 Å². The standard InChI is InChI=1S/C43H41N9O6/c1-27-47-41(49-50(27)2)51-23-42(24-57-43(29-13-9-6-10-14-29,30-15-19-32(55-3)20-16-30)31-17-21-33(56-4)22-18-31)36(53)35(51)40(58-42)52-26-46-34-37(44-25-45-38(34)52)48-39(54)28-11-7-5-8-12-28/h5-22,25-26,35-36,40,53H,23-24H2,1-4H3,(H,44,45,48,54)/t35-,36+,40-,42-/m1/s1. The van der Waals surface area contributed by atoms with Gasteiger partial charge < -0.3 is 34.3 Å². The van der Waals surface area contributed by atoms with E-state index in [1.807, 2.05) is 104 Å². The molecular formula is C43H41N9O6. The van der Waals surface area contributed by atoms with E-state index in [1.165, 1.54) is 6.33 Å². The number of nitrogens with zero attached hydrogens (tertiary/aromatic N) is 8. The SMILES string of the molecule is COc1ccc(C(OC[C@@]23CN(c4nc(C)n(C)n4)[C@@H]([C@H](n4cnc5c(NC(=O)c6ccccc6)ncnc54)O2)[C@@H]3O)(c2ccccc2)c2ccc(OC)cc2)cc1. The van der Waals surface area contributed by atoms with E-state index >= 15 is 0 Å². The lowest BCUT2D eigenvalue weighted by atomic mass is 9.79. The number of benzene rings is 4. The van der Waals surface area contributed by atoms with Gasteiger partial charge in [0.2, 0.25) is 5.95 Å². The van der Waals surface area contributed by atoms with E-state index in [0.717, 1.165) is 16.7 Å². The zero-order chi connectivity index (χ0) is 40.0. The van der Waals surface area contributed by atoms with E-state index in [-0.39, 0.29) is 24.9 Å². The van der Waals surface area contributed by atoms with Gasteiger partial charge in [-0.1, -0.05) is 72.8 Å². The summed E-state index contributed by atoms with van der Waals surface area (Å²) in [5, 5.41) is 20.1. The smallest absolute Gasteiger partial charge is 0.256 e. The van der Waals surface area contributed by atoms with Gasteiger partial charge in [-0.05, 0) is 60.0 Å². The van der Waals surface area contributed by atoms with E-state index in [1.54, 1.807) is 54.1 Å². The second kappa shape index (κ2) is 14.7. The summed E-state index contributed by atoms with van der Waals surface area (Å²) in [4.78, 5) is 33.5. The minimum Gasteiger partial charge on any atom is -0.497 e. The van der Waals surface area contributed by atoms with Crippen LogP contribution in [0.5, 0.6) is 11.5 Å². The maximum absolute atomic E-state index is 13.2. The van der Waals surface area contributed by atoms with Crippen molar-refractivity contribution in [2.75, 3.05) is 37.6 Å². The average molecular weight is 780 g/mol. The Bertz CT molecular complexity index is 2500. The highest BCUT2D eigenvalue weighted by molar-refractivity contribution is 6.06. The molecule has 2 fully saturated rings. The maximum atomic E-state index is 13.2. The lowest BCUT2D eigenvalue weighted by molar-refractivity contribution is -0.157. The summed E-state index contributed by atoms with van der Waals surface area (Å²) < 4.78 is 28.9. The van der Waals surface area contributed by atoms with Gasteiger partial charge in [-0.15, -0.1) is 5.10 Å². The van der Waals surface area contributed by atoms with Crippen molar-refractivity contribution in [3.63, 3.8) is 0 Å². The number of fused-ring (bicyclic) bond motifs is 3. The second-order valence-electron chi connectivity index (χ2n) is 14.4. The minimum absolute atomic E-state index is 0.0591. The average Bonchev–Trinajstić information content (AvgIpc) is 4.01. The first kappa shape index (κ1) is 36.9. The number of hydrogen-bond acceptors (Lipinski definition) is 12. The van der Waals surface area contributed by atoms with Crippen molar-refractivity contribution in [2.45, 2.75) is 36.5 Å². The van der Waals surface area contributed by atoms with Crippen LogP contribution in [0, 0.1) is 6.92 Å². The molecule has 1 amide bonds. The number of imidazole rings is 1. The number of methoxy groups -OCH3 is 2. The molecule has 0 saturated carbocycles. The molecule has 2 bridgehead atoms. The Morgan fingerprint density at radius 1 is 0.879 bits per heavy atom. The third-order valence-corrected chi connectivity index (χ3v) is 11.1. The normalized spacial score (nSPS) is 20.1. The monoisotopic (exact) mass is 779 g/mol. The van der Waals surface area contributed by atoms with Gasteiger partial charge in [0.25, 0.3) is 5.91 Å². The van der Waals surface area contributed by atoms with Crippen LogP contribution in [0.3, 0.4) is 0 Å². The predicted octanol–water partition coefficient (Wildman–Crippen LogP) is 5.06. The molecule has 15 heteroatoms. The van der Waals surface area contributed by atoms with E-state index < -0.39 is 29.6 Å². The number of aliphatic hydroxyl groups is 1. The molecule has 0 spiro atoms. The quantitative estimate of drug-likeness (QED) is 0.159. The van der Waals surface area contributed by atoms with E-state index in [2.05, 4.69) is 20.3 Å². The molecule has 4 aromatic carbocycles. The number of hydrogen-bond donors (Lipinski definition) is 2. The van der Waals surface area contributed by atoms with Crippen LogP contribution in [0.2, 0.25) is 0 Å². The minimum atomic E-state index is -1.30. The molecule has 2 aliphatic rings. The Morgan fingerprint density at radius 3 is 2.10 bits per heavy atom. The number of rotatable bonds is 12. The van der Waals surface area contributed by atoms with Crippen molar-refractivity contribution < 1.29 is 28.8 Å². The first-order valence-electron chi connectivity index (χ1n) is 18.8. The number of ether oxygens (including phenoxy) is 4. The fourth-order valence-electron chi connectivity index (χ4n) is 8.06. The molecule has 5 heterocycles. The van der Waals surface area contributed by atoms with Crippen molar-refractivity contribution in [3.8, 4) is 11.5 Å². The molecule has 9 rings (SSSR count). The molecule has 0 aliphatic carbocycles. The second-order valence-corrected chi connectivity index (χ2v) is 14.4. The molecule has 15 nitrogen and oxygen atoms in total. The van der Waals surface area contributed by atoms with Gasteiger partial charge >= 0.3 is 0 Å². The highest BCUT2D eigenvalue weighted by Crippen LogP contribution is 2.51. The van der Waals surface area contributed by atoms with E-state index in [0.29, 0.717) is 40.0 Å². The largest absolute Gasteiger partial charge is 0.497 e. The van der Waals surface area contributed by atoms with Crippen LogP contribution in [0.15, 0.2) is 122 Å². The number of nitrogens with one attached hydrogen (secondary N) is 1. The number of amides is 1. The van der Waals surface area contributed by atoms with Crippen LogP contribution in [0.25, 0.3) is 11.2 Å². The van der Waals surface area contributed by atoms with Gasteiger partial charge in [0.15, 0.2) is 23.2 Å². The Morgan fingerprint density at radius 2 is 1.50 bits per heavy atom. The van der Waals surface area contributed by atoms with Crippen molar-refractivity contribution in [2.24, 2.45) is 7.05 Å². The molecule has 294 valence electrons. The van der Waals surface area contributed by atoms with Crippen LogP contribution < -0.4 is 19.7 Å². The summed E-state index contributed by atoms with van der Waals surface area (Å²) in [6, 6.07) is 33.7. The lowest BCUT2D eigenvalue weighted by Gasteiger charge is -2.41. The van der Waals surface area contributed by atoms with Gasteiger partial charge in [-0.3, -0.25) is 14.0 Å². The highest BCUT2D eigenvalue weighted by Gasteiger charge is 2.66. The third kappa shape index (κ3) is 6.11. The summed E-state index contributed by atoms with van der Waals surface area (Å²) in [5.74, 6) is 2.44. The molecule has 0 radical (unpaired) electrons. The summed E-state index contributed by atoms with van der Waals surface area (Å²) in [6.45, 7) is 2.03. The lowest BCUT2D eigenvalue weighted by Crippen LogP contribution is -2.51. The maximum Gasteiger partial charge on any atom is 0.256 e. The Balaban J connectivity index is 1.14. The van der Waals surface area contributed by atoms with Crippen LogP contribution in [-0.2, 0) is 22.1 Å². The van der Waals surface area contributed by atoms with Gasteiger partial charge in [0, 0.05) is 12.6 Å². The third-order valence-electron chi connectivity index (χ3n) is 11.1. The number of aliphatic hydroxyl groups excluding tert-OH is 1. The molecule has 58 heavy (non-hydrogen) atoms. The fraction of sp³-hybridized carbons (Fsp3) is 0.256. The van der Waals surface area contributed by atoms with Crippen LogP contribution in [-0.4, -0.2) is 90.4 Å². The summed E-state index contributed by atoms with van der Waals surface area (Å²) >= 11 is 0. The van der Waals surface area contributed by atoms with Crippen LogP contribution in [0.4, 0.5) is 11.8 Å². The van der Waals surface area contributed by atoms with Gasteiger partial charge in [0.05, 0.1) is 33.7 Å². The number of carbonyl (C=O) groups excluding carboxylic acids is 1. The van der Waals surface area contributed by atoms with Crippen molar-refractivity contribution >= 4 is 28.8 Å². The summed E-state index contributed by atoms with van der Waals surface area (Å²) in [7, 11) is 5.09. The zero-order valence-corrected chi connectivity index (χ0v) is 32.3. The molecule has 2 aliphatic heterocycles. The summed E-state index contributed by atoms with van der Waals surface area (Å²) in [5.41, 5.74) is 1.29. The topological polar surface area (TPSA) is 164 Å². The first-order chi connectivity index (χ1) is 28.2. The van der Waals surface area contributed by atoms with Crippen molar-refractivity contribution in [1.82, 2.24) is 34.3 Å².